The number of oxime groups is 1. The summed E-state index contributed by atoms with van der Waals surface area (Å²) in [6.45, 7) is 5.12. The number of rotatable bonds is 6. The summed E-state index contributed by atoms with van der Waals surface area (Å²) in [5.41, 5.74) is 9.14. The number of unbranched alkanes of at least 4 members (excludes halogenated alkanes) is 1. The van der Waals surface area contributed by atoms with Gasteiger partial charge in [0.1, 0.15) is 5.84 Å². The highest BCUT2D eigenvalue weighted by atomic mass is 16.4. The van der Waals surface area contributed by atoms with Crippen molar-refractivity contribution in [2.75, 3.05) is 11.9 Å². The molecule has 4 nitrogen and oxygen atoms in total. The topological polar surface area (TPSA) is 70.6 Å². The number of nitrogens with two attached hydrogens (primary N) is 1. The molecule has 94 valence electrons. The normalized spacial score (nSPS) is 11.5. The van der Waals surface area contributed by atoms with E-state index in [2.05, 4.69) is 42.5 Å². The summed E-state index contributed by atoms with van der Waals surface area (Å²) < 4.78 is 0. The van der Waals surface area contributed by atoms with Crippen LogP contribution in [0.3, 0.4) is 0 Å². The zero-order valence-electron chi connectivity index (χ0n) is 10.5. The third-order valence-corrected chi connectivity index (χ3v) is 2.82. The molecule has 0 heterocycles. The molecule has 0 spiro atoms. The fraction of sp³-hybridized carbons (Fsp3) is 0.462. The zero-order chi connectivity index (χ0) is 12.7. The van der Waals surface area contributed by atoms with E-state index in [1.54, 1.807) is 0 Å². The Kier molecular flexibility index (Phi) is 5.33. The van der Waals surface area contributed by atoms with E-state index in [1.165, 1.54) is 11.1 Å². The maximum absolute atomic E-state index is 8.37. The Morgan fingerprint density at radius 1 is 1.29 bits per heavy atom. The van der Waals surface area contributed by atoms with Crippen molar-refractivity contribution < 1.29 is 5.21 Å². The summed E-state index contributed by atoms with van der Waals surface area (Å²) in [5, 5.41) is 14.7. The Hall–Kier alpha value is -1.71. The minimum Gasteiger partial charge on any atom is -0.409 e. The standard InChI is InChI=1S/C13H21N3O/c1-10-6-7-12(9-11(10)2)15-8-4-3-5-13(14)16-17/h6-7,9,15,17H,3-5,8H2,1-2H3,(H2,14,16). The molecule has 0 amide bonds. The average molecular weight is 235 g/mol. The van der Waals surface area contributed by atoms with Crippen LogP contribution in [0.5, 0.6) is 0 Å². The minimum atomic E-state index is 0.302. The van der Waals surface area contributed by atoms with Crippen LogP contribution >= 0.6 is 0 Å². The molecule has 0 aliphatic heterocycles. The fourth-order valence-electron chi connectivity index (χ4n) is 1.57. The molecule has 0 aliphatic carbocycles. The lowest BCUT2D eigenvalue weighted by molar-refractivity contribution is 0.316. The predicted molar refractivity (Wildman–Crippen MR) is 71.7 cm³/mol. The van der Waals surface area contributed by atoms with Gasteiger partial charge < -0.3 is 16.3 Å². The highest BCUT2D eigenvalue weighted by Gasteiger charge is 1.97. The van der Waals surface area contributed by atoms with Gasteiger partial charge in [0.2, 0.25) is 0 Å². The van der Waals surface area contributed by atoms with Crippen molar-refractivity contribution in [2.24, 2.45) is 10.9 Å². The van der Waals surface area contributed by atoms with Gasteiger partial charge in [-0.3, -0.25) is 0 Å². The minimum absolute atomic E-state index is 0.302. The van der Waals surface area contributed by atoms with Gasteiger partial charge in [-0.05, 0) is 49.9 Å². The van der Waals surface area contributed by atoms with Crippen LogP contribution in [0.4, 0.5) is 5.69 Å². The molecule has 1 aromatic carbocycles. The van der Waals surface area contributed by atoms with E-state index < -0.39 is 0 Å². The predicted octanol–water partition coefficient (Wildman–Crippen LogP) is 2.63. The van der Waals surface area contributed by atoms with Crippen molar-refractivity contribution >= 4 is 11.5 Å². The number of nitrogens with zero attached hydrogens (tertiary/aromatic N) is 1. The Labute approximate surface area is 103 Å². The average Bonchev–Trinajstić information content (AvgIpc) is 2.33. The van der Waals surface area contributed by atoms with Crippen LogP contribution in [0.15, 0.2) is 23.4 Å². The quantitative estimate of drug-likeness (QED) is 0.233. The fourth-order valence-corrected chi connectivity index (χ4v) is 1.57. The molecule has 0 aromatic heterocycles. The summed E-state index contributed by atoms with van der Waals surface area (Å²) in [4.78, 5) is 0. The van der Waals surface area contributed by atoms with Crippen LogP contribution in [-0.4, -0.2) is 17.6 Å². The van der Waals surface area contributed by atoms with Gasteiger partial charge in [0.05, 0.1) is 0 Å². The Balaban J connectivity index is 2.24. The van der Waals surface area contributed by atoms with Crippen LogP contribution in [0.25, 0.3) is 0 Å². The third kappa shape index (κ3) is 4.76. The highest BCUT2D eigenvalue weighted by molar-refractivity contribution is 5.79. The van der Waals surface area contributed by atoms with Crippen molar-refractivity contribution in [1.29, 1.82) is 0 Å². The van der Waals surface area contributed by atoms with Crippen LogP contribution in [0, 0.1) is 13.8 Å². The van der Waals surface area contributed by atoms with E-state index >= 15 is 0 Å². The lowest BCUT2D eigenvalue weighted by atomic mass is 10.1. The molecule has 17 heavy (non-hydrogen) atoms. The first-order valence-corrected chi connectivity index (χ1v) is 5.91. The van der Waals surface area contributed by atoms with Crippen LogP contribution in [-0.2, 0) is 0 Å². The van der Waals surface area contributed by atoms with E-state index in [1.807, 2.05) is 0 Å². The van der Waals surface area contributed by atoms with Crippen LogP contribution in [0.2, 0.25) is 0 Å². The second kappa shape index (κ2) is 6.78. The van der Waals surface area contributed by atoms with Crippen LogP contribution in [0.1, 0.15) is 30.4 Å². The summed E-state index contributed by atoms with van der Waals surface area (Å²) in [6.07, 6.45) is 2.57. The molecule has 4 N–H and O–H groups in total. The summed E-state index contributed by atoms with van der Waals surface area (Å²) in [5.74, 6) is 0.302. The second-order valence-electron chi connectivity index (χ2n) is 4.27. The molecule has 0 bridgehead atoms. The Morgan fingerprint density at radius 3 is 2.71 bits per heavy atom. The molecule has 0 fully saturated rings. The molecule has 0 radical (unpaired) electrons. The largest absolute Gasteiger partial charge is 0.409 e. The summed E-state index contributed by atoms with van der Waals surface area (Å²) in [7, 11) is 0. The van der Waals surface area contributed by atoms with Crippen molar-refractivity contribution in [3.63, 3.8) is 0 Å². The van der Waals surface area contributed by atoms with Gasteiger partial charge in [-0.2, -0.15) is 0 Å². The maximum Gasteiger partial charge on any atom is 0.139 e. The Bertz CT molecular complexity index is 388. The van der Waals surface area contributed by atoms with Crippen molar-refractivity contribution in [2.45, 2.75) is 33.1 Å². The van der Waals surface area contributed by atoms with Gasteiger partial charge in [-0.1, -0.05) is 11.2 Å². The van der Waals surface area contributed by atoms with Gasteiger partial charge in [-0.15, -0.1) is 0 Å². The Morgan fingerprint density at radius 2 is 2.06 bits per heavy atom. The summed E-state index contributed by atoms with van der Waals surface area (Å²) in [6, 6.07) is 6.36. The third-order valence-electron chi connectivity index (χ3n) is 2.82. The highest BCUT2D eigenvalue weighted by Crippen LogP contribution is 2.14. The smallest absolute Gasteiger partial charge is 0.139 e. The van der Waals surface area contributed by atoms with Crippen molar-refractivity contribution in [3.05, 3.63) is 29.3 Å². The number of benzene rings is 1. The molecular weight excluding hydrogens is 214 g/mol. The second-order valence-corrected chi connectivity index (χ2v) is 4.27. The number of amidine groups is 1. The maximum atomic E-state index is 8.37. The van der Waals surface area contributed by atoms with Gasteiger partial charge in [0.25, 0.3) is 0 Å². The number of aryl methyl sites for hydroxylation is 2. The molecule has 4 heteroatoms. The number of nitrogens with one attached hydrogen (secondary N) is 1. The lowest BCUT2D eigenvalue weighted by Gasteiger charge is -2.08. The zero-order valence-corrected chi connectivity index (χ0v) is 10.5. The molecule has 0 saturated heterocycles. The van der Waals surface area contributed by atoms with E-state index in [0.29, 0.717) is 12.3 Å². The van der Waals surface area contributed by atoms with Crippen molar-refractivity contribution in [1.82, 2.24) is 0 Å². The number of hydrogen-bond acceptors (Lipinski definition) is 3. The summed E-state index contributed by atoms with van der Waals surface area (Å²) >= 11 is 0. The van der Waals surface area contributed by atoms with E-state index in [-0.39, 0.29) is 0 Å². The molecule has 1 rings (SSSR count). The molecule has 0 unspecified atom stereocenters. The lowest BCUT2D eigenvalue weighted by Crippen LogP contribution is -2.11. The van der Waals surface area contributed by atoms with E-state index in [0.717, 1.165) is 25.1 Å². The molecule has 0 saturated carbocycles. The molecule has 1 aromatic rings. The molecular formula is C13H21N3O. The number of hydrogen-bond donors (Lipinski definition) is 3. The monoisotopic (exact) mass is 235 g/mol. The van der Waals surface area contributed by atoms with E-state index in [9.17, 15) is 0 Å². The van der Waals surface area contributed by atoms with Crippen molar-refractivity contribution in [3.8, 4) is 0 Å². The molecule has 0 aliphatic rings. The van der Waals surface area contributed by atoms with Crippen LogP contribution < -0.4 is 11.1 Å². The first-order valence-electron chi connectivity index (χ1n) is 5.91. The first kappa shape index (κ1) is 13.4. The molecule has 0 atom stereocenters. The van der Waals surface area contributed by atoms with Gasteiger partial charge in [0.15, 0.2) is 0 Å². The SMILES string of the molecule is Cc1ccc(NCCCCC(N)=NO)cc1C. The van der Waals surface area contributed by atoms with Gasteiger partial charge in [0, 0.05) is 18.7 Å². The van der Waals surface area contributed by atoms with Gasteiger partial charge >= 0.3 is 0 Å². The van der Waals surface area contributed by atoms with Gasteiger partial charge in [-0.25, -0.2) is 0 Å². The van der Waals surface area contributed by atoms with E-state index in [4.69, 9.17) is 10.9 Å². The number of anilines is 1. The first-order chi connectivity index (χ1) is 8.13.